The summed E-state index contributed by atoms with van der Waals surface area (Å²) in [5.41, 5.74) is 1.33. The van der Waals surface area contributed by atoms with Crippen molar-refractivity contribution in [1.82, 2.24) is 0 Å². The first-order valence-corrected chi connectivity index (χ1v) is 4.77. The quantitative estimate of drug-likeness (QED) is 0.523. The van der Waals surface area contributed by atoms with Crippen LogP contribution in [0.2, 0.25) is 0 Å². The Balaban J connectivity index is 3.58. The molecule has 0 radical (unpaired) electrons. The number of nitrogens with zero attached hydrogens (tertiary/aromatic N) is 1. The zero-order valence-electron chi connectivity index (χ0n) is 8.75. The van der Waals surface area contributed by atoms with Crippen molar-refractivity contribution >= 4 is 0 Å². The molecule has 2 heteroatoms. The van der Waals surface area contributed by atoms with E-state index >= 15 is 0 Å². The minimum atomic E-state index is -0.790. The van der Waals surface area contributed by atoms with Gasteiger partial charge in [-0.15, -0.1) is 0 Å². The monoisotopic (exact) mass is 181 g/mol. The summed E-state index contributed by atoms with van der Waals surface area (Å²) in [5.74, 6) is 0.422. The highest BCUT2D eigenvalue weighted by Gasteiger charge is 2.07. The van der Waals surface area contributed by atoms with Crippen LogP contribution in [-0.4, -0.2) is 11.2 Å². The van der Waals surface area contributed by atoms with Gasteiger partial charge in [-0.25, -0.2) is 0 Å². The zero-order chi connectivity index (χ0) is 10.3. The van der Waals surface area contributed by atoms with Crippen molar-refractivity contribution in [2.24, 2.45) is 5.92 Å². The van der Waals surface area contributed by atoms with Crippen LogP contribution in [0.5, 0.6) is 0 Å². The van der Waals surface area contributed by atoms with Gasteiger partial charge in [-0.3, -0.25) is 0 Å². The smallest absolute Gasteiger partial charge is 0.140 e. The van der Waals surface area contributed by atoms with Gasteiger partial charge in [0.1, 0.15) is 6.10 Å². The Hall–Kier alpha value is -0.810. The molecule has 0 saturated carbocycles. The molecule has 0 aromatic rings. The number of allylic oxidation sites excluding steroid dienone is 2. The van der Waals surface area contributed by atoms with Crippen molar-refractivity contribution in [2.45, 2.75) is 46.1 Å². The van der Waals surface area contributed by atoms with Crippen LogP contribution in [-0.2, 0) is 0 Å². The minimum Gasteiger partial charge on any atom is -0.378 e. The molecule has 74 valence electrons. The molecule has 0 saturated heterocycles. The number of hydrogen-bond donors (Lipinski definition) is 1. The molecule has 0 aliphatic rings. The van der Waals surface area contributed by atoms with Gasteiger partial charge >= 0.3 is 0 Å². The SMILES string of the molecule is CC(C)=CCCC(C)CC(O)C#N. The highest BCUT2D eigenvalue weighted by atomic mass is 16.3. The lowest BCUT2D eigenvalue weighted by atomic mass is 9.98. The summed E-state index contributed by atoms with van der Waals surface area (Å²) in [4.78, 5) is 0. The Morgan fingerprint density at radius 3 is 2.62 bits per heavy atom. The second kappa shape index (κ2) is 6.68. The Morgan fingerprint density at radius 2 is 2.15 bits per heavy atom. The van der Waals surface area contributed by atoms with Crippen LogP contribution in [0, 0.1) is 17.2 Å². The number of rotatable bonds is 5. The van der Waals surface area contributed by atoms with Crippen LogP contribution in [0.3, 0.4) is 0 Å². The molecule has 0 rings (SSSR count). The predicted molar refractivity (Wildman–Crippen MR) is 54.1 cm³/mol. The molecule has 2 atom stereocenters. The molecule has 0 aromatic carbocycles. The zero-order valence-corrected chi connectivity index (χ0v) is 8.75. The Morgan fingerprint density at radius 1 is 1.54 bits per heavy atom. The van der Waals surface area contributed by atoms with E-state index in [1.165, 1.54) is 5.57 Å². The maximum absolute atomic E-state index is 9.06. The van der Waals surface area contributed by atoms with Crippen LogP contribution in [0.25, 0.3) is 0 Å². The van der Waals surface area contributed by atoms with E-state index in [9.17, 15) is 0 Å². The first-order valence-electron chi connectivity index (χ1n) is 4.77. The molecule has 0 fully saturated rings. The van der Waals surface area contributed by atoms with Gasteiger partial charge in [0, 0.05) is 0 Å². The molecule has 0 amide bonds. The molecule has 1 N–H and O–H groups in total. The summed E-state index contributed by atoms with van der Waals surface area (Å²) in [6.45, 7) is 6.23. The first-order chi connectivity index (χ1) is 6.06. The molecule has 0 aliphatic heterocycles. The average molecular weight is 181 g/mol. The molecular formula is C11H19NO. The molecule has 0 bridgehead atoms. The maximum atomic E-state index is 9.06. The van der Waals surface area contributed by atoms with Gasteiger partial charge in [-0.1, -0.05) is 18.6 Å². The van der Waals surface area contributed by atoms with Crippen molar-refractivity contribution in [3.8, 4) is 6.07 Å². The van der Waals surface area contributed by atoms with E-state index in [-0.39, 0.29) is 0 Å². The van der Waals surface area contributed by atoms with Crippen molar-refractivity contribution in [3.63, 3.8) is 0 Å². The summed E-state index contributed by atoms with van der Waals surface area (Å²) in [6.07, 6.45) is 4.08. The van der Waals surface area contributed by atoms with Crippen LogP contribution in [0.15, 0.2) is 11.6 Å². The lowest BCUT2D eigenvalue weighted by molar-refractivity contribution is 0.195. The summed E-state index contributed by atoms with van der Waals surface area (Å²) in [5, 5.41) is 17.4. The summed E-state index contributed by atoms with van der Waals surface area (Å²) >= 11 is 0. The van der Waals surface area contributed by atoms with Crippen LogP contribution in [0.4, 0.5) is 0 Å². The number of nitriles is 1. The molecule has 0 aromatic heterocycles. The topological polar surface area (TPSA) is 44.0 Å². The third-order valence-electron chi connectivity index (χ3n) is 1.99. The second-order valence-electron chi connectivity index (χ2n) is 3.84. The van der Waals surface area contributed by atoms with Gasteiger partial charge in [0.25, 0.3) is 0 Å². The number of aliphatic hydroxyl groups is 1. The maximum Gasteiger partial charge on any atom is 0.140 e. The number of aliphatic hydroxyl groups excluding tert-OH is 1. The Kier molecular flexibility index (Phi) is 6.26. The van der Waals surface area contributed by atoms with Crippen LogP contribution < -0.4 is 0 Å². The Labute approximate surface area is 80.9 Å². The molecule has 2 nitrogen and oxygen atoms in total. The third-order valence-corrected chi connectivity index (χ3v) is 1.99. The van der Waals surface area contributed by atoms with E-state index in [1.807, 2.05) is 6.07 Å². The molecule has 13 heavy (non-hydrogen) atoms. The van der Waals surface area contributed by atoms with E-state index in [2.05, 4.69) is 26.8 Å². The average Bonchev–Trinajstić information content (AvgIpc) is 2.03. The van der Waals surface area contributed by atoms with Gasteiger partial charge in [-0.05, 0) is 39.0 Å². The van der Waals surface area contributed by atoms with Crippen molar-refractivity contribution in [3.05, 3.63) is 11.6 Å². The van der Waals surface area contributed by atoms with Gasteiger partial charge in [0.2, 0.25) is 0 Å². The van der Waals surface area contributed by atoms with Gasteiger partial charge in [0.15, 0.2) is 0 Å². The largest absolute Gasteiger partial charge is 0.378 e. The highest BCUT2D eigenvalue weighted by molar-refractivity contribution is 4.93. The van der Waals surface area contributed by atoms with E-state index < -0.39 is 6.10 Å². The van der Waals surface area contributed by atoms with Crippen LogP contribution >= 0.6 is 0 Å². The van der Waals surface area contributed by atoms with E-state index in [0.29, 0.717) is 12.3 Å². The van der Waals surface area contributed by atoms with Gasteiger partial charge in [-0.2, -0.15) is 5.26 Å². The molecule has 0 spiro atoms. The standard InChI is InChI=1S/C11H19NO/c1-9(2)5-4-6-10(3)7-11(13)8-12/h5,10-11,13H,4,6-7H2,1-3H3. The molecule has 0 heterocycles. The molecule has 2 unspecified atom stereocenters. The fourth-order valence-electron chi connectivity index (χ4n) is 1.21. The van der Waals surface area contributed by atoms with Gasteiger partial charge in [0.05, 0.1) is 6.07 Å². The third kappa shape index (κ3) is 7.55. The highest BCUT2D eigenvalue weighted by Crippen LogP contribution is 2.13. The Bertz CT molecular complexity index is 199. The summed E-state index contributed by atoms with van der Waals surface area (Å²) in [7, 11) is 0. The lowest BCUT2D eigenvalue weighted by Gasteiger charge is -2.10. The summed E-state index contributed by atoms with van der Waals surface area (Å²) in [6, 6.07) is 1.84. The fraction of sp³-hybridized carbons (Fsp3) is 0.727. The van der Waals surface area contributed by atoms with E-state index in [1.54, 1.807) is 0 Å². The van der Waals surface area contributed by atoms with Crippen molar-refractivity contribution in [2.75, 3.05) is 0 Å². The van der Waals surface area contributed by atoms with Crippen molar-refractivity contribution < 1.29 is 5.11 Å². The first kappa shape index (κ1) is 12.2. The molecular weight excluding hydrogens is 162 g/mol. The number of hydrogen-bond acceptors (Lipinski definition) is 2. The lowest BCUT2D eigenvalue weighted by Crippen LogP contribution is -2.08. The molecule has 0 aliphatic carbocycles. The van der Waals surface area contributed by atoms with Crippen molar-refractivity contribution in [1.29, 1.82) is 5.26 Å². The van der Waals surface area contributed by atoms with E-state index in [4.69, 9.17) is 10.4 Å². The van der Waals surface area contributed by atoms with E-state index in [0.717, 1.165) is 12.8 Å². The van der Waals surface area contributed by atoms with Gasteiger partial charge < -0.3 is 5.11 Å². The minimum absolute atomic E-state index is 0.422. The predicted octanol–water partition coefficient (Wildman–Crippen LogP) is 2.64. The normalized spacial score (nSPS) is 14.4. The van der Waals surface area contributed by atoms with Crippen LogP contribution in [0.1, 0.15) is 40.0 Å². The summed E-state index contributed by atoms with van der Waals surface area (Å²) < 4.78 is 0. The second-order valence-corrected chi connectivity index (χ2v) is 3.84. The fourth-order valence-corrected chi connectivity index (χ4v) is 1.21.